The molecule has 0 fully saturated rings. The van der Waals surface area contributed by atoms with Crippen molar-refractivity contribution in [1.29, 1.82) is 0 Å². The first-order valence-electron chi connectivity index (χ1n) is 6.81. The minimum absolute atomic E-state index is 0. The SMILES string of the molecule is CCCCCCNC(N)=NCc1cccc(C)c1.I. The molecule has 0 aliphatic rings. The lowest BCUT2D eigenvalue weighted by molar-refractivity contribution is 0.652. The molecule has 0 spiro atoms. The van der Waals surface area contributed by atoms with E-state index in [9.17, 15) is 0 Å². The summed E-state index contributed by atoms with van der Waals surface area (Å²) in [6.45, 7) is 5.87. The van der Waals surface area contributed by atoms with Gasteiger partial charge in [0.1, 0.15) is 0 Å². The highest BCUT2D eigenvalue weighted by Crippen LogP contribution is 2.04. The van der Waals surface area contributed by atoms with Crippen LogP contribution in [0.4, 0.5) is 0 Å². The van der Waals surface area contributed by atoms with Gasteiger partial charge >= 0.3 is 0 Å². The summed E-state index contributed by atoms with van der Waals surface area (Å²) in [6, 6.07) is 8.35. The Morgan fingerprint density at radius 2 is 2.05 bits per heavy atom. The van der Waals surface area contributed by atoms with Gasteiger partial charge < -0.3 is 11.1 Å². The standard InChI is InChI=1S/C15H25N3.HI/c1-3-4-5-6-10-17-15(16)18-12-14-9-7-8-13(2)11-14;/h7-9,11H,3-6,10,12H2,1-2H3,(H3,16,17,18);1H. The van der Waals surface area contributed by atoms with Gasteiger partial charge in [-0.1, -0.05) is 56.0 Å². The number of hydrogen-bond acceptors (Lipinski definition) is 1. The van der Waals surface area contributed by atoms with Crippen LogP contribution in [-0.2, 0) is 6.54 Å². The molecule has 3 N–H and O–H groups in total. The van der Waals surface area contributed by atoms with Gasteiger partial charge in [-0.05, 0) is 18.9 Å². The van der Waals surface area contributed by atoms with E-state index in [4.69, 9.17) is 5.73 Å². The van der Waals surface area contributed by atoms with Crippen molar-refractivity contribution in [2.45, 2.75) is 46.1 Å². The Morgan fingerprint density at radius 3 is 2.74 bits per heavy atom. The zero-order valence-corrected chi connectivity index (χ0v) is 14.3. The number of aliphatic imine (C=N–C) groups is 1. The lowest BCUT2D eigenvalue weighted by Gasteiger charge is -2.05. The van der Waals surface area contributed by atoms with E-state index < -0.39 is 0 Å². The minimum atomic E-state index is 0. The van der Waals surface area contributed by atoms with Gasteiger partial charge in [0.05, 0.1) is 6.54 Å². The van der Waals surface area contributed by atoms with Gasteiger partial charge in [-0.25, -0.2) is 4.99 Å². The number of nitrogens with one attached hydrogen (secondary N) is 1. The summed E-state index contributed by atoms with van der Waals surface area (Å²) in [4.78, 5) is 4.34. The van der Waals surface area contributed by atoms with Gasteiger partial charge in [-0.2, -0.15) is 0 Å². The Balaban J connectivity index is 0.00000324. The minimum Gasteiger partial charge on any atom is -0.370 e. The van der Waals surface area contributed by atoms with Crippen LogP contribution in [-0.4, -0.2) is 12.5 Å². The van der Waals surface area contributed by atoms with Crippen molar-refractivity contribution < 1.29 is 0 Å². The van der Waals surface area contributed by atoms with Gasteiger partial charge in [0.25, 0.3) is 0 Å². The molecule has 0 atom stereocenters. The summed E-state index contributed by atoms with van der Waals surface area (Å²) in [5.41, 5.74) is 8.27. The van der Waals surface area contributed by atoms with Crippen molar-refractivity contribution in [2.75, 3.05) is 6.54 Å². The van der Waals surface area contributed by atoms with Gasteiger partial charge in [-0.3, -0.25) is 0 Å². The maximum atomic E-state index is 5.81. The number of benzene rings is 1. The van der Waals surface area contributed by atoms with E-state index in [2.05, 4.69) is 48.4 Å². The van der Waals surface area contributed by atoms with Crippen LogP contribution >= 0.6 is 24.0 Å². The average molecular weight is 375 g/mol. The molecule has 0 aromatic heterocycles. The Morgan fingerprint density at radius 1 is 1.26 bits per heavy atom. The Hall–Kier alpha value is -0.780. The molecule has 0 bridgehead atoms. The number of halogens is 1. The molecule has 108 valence electrons. The number of unbranched alkanes of at least 4 members (excludes halogenated alkanes) is 3. The number of rotatable bonds is 7. The fourth-order valence-corrected chi connectivity index (χ4v) is 1.81. The Labute approximate surface area is 134 Å². The topological polar surface area (TPSA) is 50.4 Å². The maximum Gasteiger partial charge on any atom is 0.188 e. The normalized spacial score (nSPS) is 10.9. The van der Waals surface area contributed by atoms with E-state index in [-0.39, 0.29) is 24.0 Å². The van der Waals surface area contributed by atoms with Crippen LogP contribution in [0.2, 0.25) is 0 Å². The van der Waals surface area contributed by atoms with E-state index >= 15 is 0 Å². The third-order valence-corrected chi connectivity index (χ3v) is 2.85. The van der Waals surface area contributed by atoms with Crippen LogP contribution in [0.5, 0.6) is 0 Å². The largest absolute Gasteiger partial charge is 0.370 e. The lowest BCUT2D eigenvalue weighted by Crippen LogP contribution is -2.32. The number of hydrogen-bond donors (Lipinski definition) is 2. The molecule has 1 rings (SSSR count). The summed E-state index contributed by atoms with van der Waals surface area (Å²) in [7, 11) is 0. The van der Waals surface area contributed by atoms with Gasteiger partial charge in [0, 0.05) is 6.54 Å². The van der Waals surface area contributed by atoms with E-state index in [1.165, 1.54) is 30.4 Å². The van der Waals surface area contributed by atoms with Crippen molar-refractivity contribution in [3.8, 4) is 0 Å². The first-order chi connectivity index (χ1) is 8.72. The van der Waals surface area contributed by atoms with Gasteiger partial charge in [0.15, 0.2) is 5.96 Å². The summed E-state index contributed by atoms with van der Waals surface area (Å²) in [5, 5.41) is 3.15. The molecule has 0 saturated carbocycles. The lowest BCUT2D eigenvalue weighted by atomic mass is 10.1. The molecule has 0 radical (unpaired) electrons. The van der Waals surface area contributed by atoms with E-state index in [1.807, 2.05) is 0 Å². The molecule has 4 heteroatoms. The third-order valence-electron chi connectivity index (χ3n) is 2.85. The van der Waals surface area contributed by atoms with Crippen molar-refractivity contribution in [2.24, 2.45) is 10.7 Å². The van der Waals surface area contributed by atoms with Crippen LogP contribution in [0.25, 0.3) is 0 Å². The predicted octanol–water partition coefficient (Wildman–Crippen LogP) is 3.60. The Bertz CT molecular complexity index is 377. The van der Waals surface area contributed by atoms with Gasteiger partial charge in [-0.15, -0.1) is 24.0 Å². The van der Waals surface area contributed by atoms with Crippen molar-refractivity contribution in [3.05, 3.63) is 35.4 Å². The van der Waals surface area contributed by atoms with E-state index in [0.29, 0.717) is 12.5 Å². The van der Waals surface area contributed by atoms with E-state index in [0.717, 1.165) is 13.0 Å². The van der Waals surface area contributed by atoms with E-state index in [1.54, 1.807) is 0 Å². The quantitative estimate of drug-likeness (QED) is 0.331. The van der Waals surface area contributed by atoms with Crippen molar-refractivity contribution in [1.82, 2.24) is 5.32 Å². The molecule has 0 unspecified atom stereocenters. The first-order valence-corrected chi connectivity index (χ1v) is 6.81. The first kappa shape index (κ1) is 18.2. The fourth-order valence-electron chi connectivity index (χ4n) is 1.81. The molecule has 0 heterocycles. The predicted molar refractivity (Wildman–Crippen MR) is 94.1 cm³/mol. The maximum absolute atomic E-state index is 5.81. The zero-order chi connectivity index (χ0) is 13.2. The van der Waals surface area contributed by atoms with Crippen molar-refractivity contribution in [3.63, 3.8) is 0 Å². The van der Waals surface area contributed by atoms with Crippen molar-refractivity contribution >= 4 is 29.9 Å². The summed E-state index contributed by atoms with van der Waals surface area (Å²) < 4.78 is 0. The molecular formula is C15H26IN3. The highest BCUT2D eigenvalue weighted by Gasteiger charge is 1.94. The summed E-state index contributed by atoms with van der Waals surface area (Å²) >= 11 is 0. The summed E-state index contributed by atoms with van der Waals surface area (Å²) in [6.07, 6.45) is 4.97. The third kappa shape index (κ3) is 8.86. The molecular weight excluding hydrogens is 349 g/mol. The number of nitrogens with two attached hydrogens (primary N) is 1. The van der Waals surface area contributed by atoms with Gasteiger partial charge in [0.2, 0.25) is 0 Å². The molecule has 0 saturated heterocycles. The molecule has 0 aliphatic heterocycles. The van der Waals surface area contributed by atoms with Crippen LogP contribution < -0.4 is 11.1 Å². The van der Waals surface area contributed by atoms with Crippen LogP contribution in [0.15, 0.2) is 29.3 Å². The zero-order valence-electron chi connectivity index (χ0n) is 12.0. The highest BCUT2D eigenvalue weighted by molar-refractivity contribution is 14.0. The van der Waals surface area contributed by atoms with Crippen LogP contribution in [0.1, 0.15) is 43.7 Å². The average Bonchev–Trinajstić information content (AvgIpc) is 2.36. The second-order valence-electron chi connectivity index (χ2n) is 4.68. The number of nitrogens with zero attached hydrogens (tertiary/aromatic N) is 1. The number of guanidine groups is 1. The molecule has 1 aromatic rings. The Kier molecular flexibility index (Phi) is 10.6. The smallest absolute Gasteiger partial charge is 0.188 e. The summed E-state index contributed by atoms with van der Waals surface area (Å²) in [5.74, 6) is 0.549. The highest BCUT2D eigenvalue weighted by atomic mass is 127. The second-order valence-corrected chi connectivity index (χ2v) is 4.68. The van der Waals surface area contributed by atoms with Crippen LogP contribution in [0, 0.1) is 6.92 Å². The molecule has 19 heavy (non-hydrogen) atoms. The van der Waals surface area contributed by atoms with Crippen LogP contribution in [0.3, 0.4) is 0 Å². The fraction of sp³-hybridized carbons (Fsp3) is 0.533. The molecule has 3 nitrogen and oxygen atoms in total. The number of aryl methyl sites for hydroxylation is 1. The second kappa shape index (κ2) is 11.1. The monoisotopic (exact) mass is 375 g/mol. The molecule has 1 aromatic carbocycles. The molecule has 0 amide bonds. The molecule has 0 aliphatic carbocycles.